The van der Waals surface area contributed by atoms with E-state index in [9.17, 15) is 4.79 Å². The highest BCUT2D eigenvalue weighted by molar-refractivity contribution is 6.28. The predicted molar refractivity (Wildman–Crippen MR) is 63.9 cm³/mol. The van der Waals surface area contributed by atoms with Crippen LogP contribution in [0.25, 0.3) is 11.0 Å². The number of likely N-dealkylation sites (N-methyl/N-ethyl adjacent to an activating group) is 1. The molecule has 0 unspecified atom stereocenters. The molecule has 90 valence electrons. The summed E-state index contributed by atoms with van der Waals surface area (Å²) >= 11 is 5.75. The fraction of sp³-hybridized carbons (Fsp3) is 0.333. The van der Waals surface area contributed by atoms with Crippen LogP contribution in [0.4, 0.5) is 5.82 Å². The van der Waals surface area contributed by atoms with Gasteiger partial charge in [-0.25, -0.2) is 0 Å². The quantitative estimate of drug-likeness (QED) is 0.693. The van der Waals surface area contributed by atoms with Crippen LogP contribution in [0.1, 0.15) is 6.92 Å². The van der Waals surface area contributed by atoms with Gasteiger partial charge in [0, 0.05) is 6.54 Å². The zero-order chi connectivity index (χ0) is 12.3. The van der Waals surface area contributed by atoms with Crippen LogP contribution >= 0.6 is 11.6 Å². The minimum Gasteiger partial charge on any atom is -0.360 e. The van der Waals surface area contributed by atoms with E-state index in [4.69, 9.17) is 11.6 Å². The standard InChI is InChI=1S/C9H11ClN6O/c1-2-11-6(17)4-12-7-5-3-13-16-8(5)15-9(10)14-7/h3H,2,4H2,1H3,(H,11,17)(H2,12,13,14,15,16). The molecule has 0 spiro atoms. The van der Waals surface area contributed by atoms with Crippen molar-refractivity contribution >= 4 is 34.4 Å². The van der Waals surface area contributed by atoms with Gasteiger partial charge in [-0.2, -0.15) is 15.1 Å². The maximum Gasteiger partial charge on any atom is 0.239 e. The molecule has 0 aliphatic carbocycles. The van der Waals surface area contributed by atoms with E-state index in [1.165, 1.54) is 0 Å². The molecule has 0 atom stereocenters. The van der Waals surface area contributed by atoms with Crippen LogP contribution < -0.4 is 10.6 Å². The Balaban J connectivity index is 2.17. The number of nitrogens with zero attached hydrogens (tertiary/aromatic N) is 3. The summed E-state index contributed by atoms with van der Waals surface area (Å²) in [6, 6.07) is 0. The SMILES string of the molecule is CCNC(=O)CNc1nc(Cl)nc2[nH]ncc12. The Morgan fingerprint density at radius 2 is 2.35 bits per heavy atom. The van der Waals surface area contributed by atoms with Gasteiger partial charge in [-0.3, -0.25) is 9.89 Å². The van der Waals surface area contributed by atoms with Crippen LogP contribution in [0.3, 0.4) is 0 Å². The van der Waals surface area contributed by atoms with Crippen LogP contribution in [0, 0.1) is 0 Å². The van der Waals surface area contributed by atoms with Crippen molar-refractivity contribution in [3.8, 4) is 0 Å². The second kappa shape index (κ2) is 4.96. The monoisotopic (exact) mass is 254 g/mol. The number of anilines is 1. The number of nitrogens with one attached hydrogen (secondary N) is 3. The van der Waals surface area contributed by atoms with E-state index in [0.29, 0.717) is 23.4 Å². The van der Waals surface area contributed by atoms with Crippen LogP contribution in [0.5, 0.6) is 0 Å². The van der Waals surface area contributed by atoms with Gasteiger partial charge >= 0.3 is 0 Å². The number of hydrogen-bond acceptors (Lipinski definition) is 5. The molecule has 0 fully saturated rings. The highest BCUT2D eigenvalue weighted by Crippen LogP contribution is 2.19. The van der Waals surface area contributed by atoms with E-state index < -0.39 is 0 Å². The van der Waals surface area contributed by atoms with Crippen LogP contribution in [-0.2, 0) is 4.79 Å². The van der Waals surface area contributed by atoms with Crippen molar-refractivity contribution in [3.05, 3.63) is 11.5 Å². The minimum absolute atomic E-state index is 0.0974. The molecule has 0 saturated carbocycles. The number of halogens is 1. The van der Waals surface area contributed by atoms with Gasteiger partial charge in [-0.05, 0) is 18.5 Å². The zero-order valence-electron chi connectivity index (χ0n) is 9.12. The Bertz CT molecular complexity index is 539. The first-order valence-corrected chi connectivity index (χ1v) is 5.45. The van der Waals surface area contributed by atoms with E-state index in [1.54, 1.807) is 6.20 Å². The summed E-state index contributed by atoms with van der Waals surface area (Å²) in [7, 11) is 0. The third-order valence-corrected chi connectivity index (χ3v) is 2.24. The summed E-state index contributed by atoms with van der Waals surface area (Å²) in [5, 5.41) is 12.9. The Labute approximate surface area is 102 Å². The Hall–Kier alpha value is -1.89. The number of amides is 1. The van der Waals surface area contributed by atoms with Crippen molar-refractivity contribution in [2.75, 3.05) is 18.4 Å². The molecule has 0 aliphatic heterocycles. The van der Waals surface area contributed by atoms with E-state index >= 15 is 0 Å². The summed E-state index contributed by atoms with van der Waals surface area (Å²) < 4.78 is 0. The lowest BCUT2D eigenvalue weighted by molar-refractivity contribution is -0.119. The van der Waals surface area contributed by atoms with Crippen molar-refractivity contribution in [2.24, 2.45) is 0 Å². The first-order valence-electron chi connectivity index (χ1n) is 5.08. The van der Waals surface area contributed by atoms with Gasteiger partial charge in [0.05, 0.1) is 18.1 Å². The molecule has 2 heterocycles. The normalized spacial score (nSPS) is 10.5. The van der Waals surface area contributed by atoms with Gasteiger partial charge in [0.2, 0.25) is 11.2 Å². The van der Waals surface area contributed by atoms with E-state index in [2.05, 4.69) is 30.8 Å². The number of carbonyl (C=O) groups is 1. The van der Waals surface area contributed by atoms with Gasteiger partial charge in [0.1, 0.15) is 5.82 Å². The number of carbonyl (C=O) groups excluding carboxylic acids is 1. The molecule has 1 amide bonds. The molecule has 0 aliphatic rings. The number of rotatable bonds is 4. The second-order valence-electron chi connectivity index (χ2n) is 3.28. The van der Waals surface area contributed by atoms with E-state index in [-0.39, 0.29) is 17.7 Å². The van der Waals surface area contributed by atoms with Gasteiger partial charge in [0.15, 0.2) is 5.65 Å². The van der Waals surface area contributed by atoms with Crippen LogP contribution in [0.2, 0.25) is 5.28 Å². The molecule has 7 nitrogen and oxygen atoms in total. The average molecular weight is 255 g/mol. The Morgan fingerprint density at radius 1 is 1.53 bits per heavy atom. The minimum atomic E-state index is -0.112. The van der Waals surface area contributed by atoms with Gasteiger partial charge in [0.25, 0.3) is 0 Å². The number of aromatic amines is 1. The largest absolute Gasteiger partial charge is 0.360 e. The topological polar surface area (TPSA) is 95.6 Å². The molecule has 8 heteroatoms. The molecule has 0 radical (unpaired) electrons. The molecule has 0 bridgehead atoms. The van der Waals surface area contributed by atoms with Gasteiger partial charge < -0.3 is 10.6 Å². The Morgan fingerprint density at radius 3 is 3.12 bits per heavy atom. The highest BCUT2D eigenvalue weighted by atomic mass is 35.5. The summed E-state index contributed by atoms with van der Waals surface area (Å²) in [5.41, 5.74) is 0.531. The number of hydrogen-bond donors (Lipinski definition) is 3. The number of H-pyrrole nitrogens is 1. The third kappa shape index (κ3) is 2.62. The lowest BCUT2D eigenvalue weighted by Crippen LogP contribution is -2.29. The van der Waals surface area contributed by atoms with E-state index in [1.807, 2.05) is 6.92 Å². The van der Waals surface area contributed by atoms with Crippen molar-refractivity contribution < 1.29 is 4.79 Å². The summed E-state index contributed by atoms with van der Waals surface area (Å²) in [6.45, 7) is 2.57. The molecular weight excluding hydrogens is 244 g/mol. The molecule has 0 saturated heterocycles. The highest BCUT2D eigenvalue weighted by Gasteiger charge is 2.09. The lowest BCUT2D eigenvalue weighted by Gasteiger charge is -2.06. The maximum absolute atomic E-state index is 11.3. The first kappa shape index (κ1) is 11.6. The molecule has 0 aromatic carbocycles. The smallest absolute Gasteiger partial charge is 0.239 e. The molecule has 2 aromatic heterocycles. The summed E-state index contributed by atoms with van der Waals surface area (Å²) in [4.78, 5) is 19.3. The maximum atomic E-state index is 11.3. The molecule has 17 heavy (non-hydrogen) atoms. The number of fused-ring (bicyclic) bond motifs is 1. The molecule has 3 N–H and O–H groups in total. The summed E-state index contributed by atoms with van der Waals surface area (Å²) in [5.74, 6) is 0.374. The van der Waals surface area contributed by atoms with Gasteiger partial charge in [-0.15, -0.1) is 0 Å². The number of aromatic nitrogens is 4. The van der Waals surface area contributed by atoms with E-state index in [0.717, 1.165) is 0 Å². The van der Waals surface area contributed by atoms with Crippen LogP contribution in [-0.4, -0.2) is 39.2 Å². The van der Waals surface area contributed by atoms with Crippen molar-refractivity contribution in [3.63, 3.8) is 0 Å². The fourth-order valence-electron chi connectivity index (χ4n) is 1.37. The lowest BCUT2D eigenvalue weighted by atomic mass is 10.4. The second-order valence-corrected chi connectivity index (χ2v) is 3.62. The first-order chi connectivity index (χ1) is 8.20. The molecular formula is C9H11ClN6O. The van der Waals surface area contributed by atoms with Gasteiger partial charge in [-0.1, -0.05) is 0 Å². The average Bonchev–Trinajstić information content (AvgIpc) is 2.74. The molecule has 2 aromatic rings. The van der Waals surface area contributed by atoms with Crippen molar-refractivity contribution in [1.29, 1.82) is 0 Å². The third-order valence-electron chi connectivity index (χ3n) is 2.07. The Kier molecular flexibility index (Phi) is 3.38. The molecule has 2 rings (SSSR count). The fourth-order valence-corrected chi connectivity index (χ4v) is 1.54. The van der Waals surface area contributed by atoms with Crippen molar-refractivity contribution in [2.45, 2.75) is 6.92 Å². The predicted octanol–water partition coefficient (Wildman–Crippen LogP) is 0.554. The van der Waals surface area contributed by atoms with Crippen LogP contribution in [0.15, 0.2) is 6.20 Å². The zero-order valence-corrected chi connectivity index (χ0v) is 9.88. The van der Waals surface area contributed by atoms with Crippen molar-refractivity contribution in [1.82, 2.24) is 25.5 Å². The summed E-state index contributed by atoms with van der Waals surface area (Å²) in [6.07, 6.45) is 1.58.